The molecular weight excluding hydrogens is 748 g/mol. The topological polar surface area (TPSA) is 284 Å². The van der Waals surface area contributed by atoms with Crippen LogP contribution in [0.2, 0.25) is 0 Å². The third-order valence-corrected chi connectivity index (χ3v) is 6.57. The van der Waals surface area contributed by atoms with Crippen LogP contribution in [0.25, 0.3) is 0 Å². The summed E-state index contributed by atoms with van der Waals surface area (Å²) in [6.45, 7) is 2.15. The highest BCUT2D eigenvalue weighted by atomic mass is 16.7. The highest BCUT2D eigenvalue weighted by Gasteiger charge is 2.26. The summed E-state index contributed by atoms with van der Waals surface area (Å²) in [5.74, 6) is -3.96. The SMILES string of the molecule is COC(=O)Oc1ccc(OC(=O)OC)c(N=NC(C(C)=O)C(=O)Nc2ccc(NC(=O)C(N=Nc3cc(OC(=O)OC)ccc3OC(=O)OC)C(C)=O)cc2)c1. The summed E-state index contributed by atoms with van der Waals surface area (Å²) in [6.07, 6.45) is -4.39. The summed E-state index contributed by atoms with van der Waals surface area (Å²) >= 11 is 0. The number of anilines is 2. The summed E-state index contributed by atoms with van der Waals surface area (Å²) < 4.78 is 37.7. The number of hydrogen-bond donors (Lipinski definition) is 2. The van der Waals surface area contributed by atoms with E-state index in [1.54, 1.807) is 0 Å². The van der Waals surface area contributed by atoms with Gasteiger partial charge >= 0.3 is 24.6 Å². The number of nitrogens with zero attached hydrogens (tertiary/aromatic N) is 4. The minimum Gasteiger partial charge on any atom is -0.437 e. The van der Waals surface area contributed by atoms with Crippen LogP contribution in [-0.4, -0.2) is 88.5 Å². The molecule has 2 unspecified atom stereocenters. The third-order valence-electron chi connectivity index (χ3n) is 6.57. The molecule has 3 rings (SSSR count). The minimum absolute atomic E-state index is 0.103. The zero-order chi connectivity index (χ0) is 41.4. The average Bonchev–Trinajstić information content (AvgIpc) is 3.16. The van der Waals surface area contributed by atoms with Crippen LogP contribution in [0.5, 0.6) is 23.0 Å². The van der Waals surface area contributed by atoms with Crippen LogP contribution in [0, 0.1) is 0 Å². The number of ether oxygens (including phenoxy) is 8. The molecule has 0 saturated carbocycles. The highest BCUT2D eigenvalue weighted by molar-refractivity contribution is 6.11. The molecule has 0 aromatic heterocycles. The number of methoxy groups -OCH3 is 4. The normalized spacial score (nSPS) is 11.7. The lowest BCUT2D eigenvalue weighted by molar-refractivity contribution is -0.127. The van der Waals surface area contributed by atoms with E-state index in [0.29, 0.717) is 0 Å². The van der Waals surface area contributed by atoms with Crippen molar-refractivity contribution < 1.29 is 76.3 Å². The molecule has 0 spiro atoms. The first-order chi connectivity index (χ1) is 26.7. The number of hydrogen-bond acceptors (Lipinski definition) is 20. The lowest BCUT2D eigenvalue weighted by Gasteiger charge is -2.12. The quantitative estimate of drug-likeness (QED) is 0.0659. The van der Waals surface area contributed by atoms with Crippen molar-refractivity contribution in [2.75, 3.05) is 39.1 Å². The number of amides is 2. The van der Waals surface area contributed by atoms with E-state index in [9.17, 15) is 38.4 Å². The van der Waals surface area contributed by atoms with Gasteiger partial charge in [-0.25, -0.2) is 19.2 Å². The van der Waals surface area contributed by atoms with Gasteiger partial charge in [0.05, 0.1) is 28.4 Å². The third kappa shape index (κ3) is 12.7. The Morgan fingerprint density at radius 2 is 0.804 bits per heavy atom. The van der Waals surface area contributed by atoms with Gasteiger partial charge in [0.25, 0.3) is 11.8 Å². The molecule has 0 fully saturated rings. The molecule has 56 heavy (non-hydrogen) atoms. The van der Waals surface area contributed by atoms with E-state index >= 15 is 0 Å². The van der Waals surface area contributed by atoms with Crippen molar-refractivity contribution in [3.63, 3.8) is 0 Å². The summed E-state index contributed by atoms with van der Waals surface area (Å²) in [5, 5.41) is 20.3. The van der Waals surface area contributed by atoms with Gasteiger partial charge in [0.1, 0.15) is 22.9 Å². The molecule has 0 heterocycles. The average molecular weight is 781 g/mol. The molecule has 0 saturated heterocycles. The van der Waals surface area contributed by atoms with Crippen molar-refractivity contribution in [3.8, 4) is 23.0 Å². The van der Waals surface area contributed by atoms with Crippen LogP contribution < -0.4 is 29.6 Å². The summed E-state index contributed by atoms with van der Waals surface area (Å²) in [7, 11) is 4.27. The molecule has 0 radical (unpaired) electrons. The Labute approximate surface area is 316 Å². The molecule has 0 aliphatic carbocycles. The van der Waals surface area contributed by atoms with Crippen LogP contribution in [0.15, 0.2) is 81.1 Å². The maximum absolute atomic E-state index is 13.1. The van der Waals surface area contributed by atoms with Crippen molar-refractivity contribution >= 4 is 70.8 Å². The Hall–Kier alpha value is -7.78. The van der Waals surface area contributed by atoms with Crippen LogP contribution in [-0.2, 0) is 38.1 Å². The van der Waals surface area contributed by atoms with Gasteiger partial charge in [-0.1, -0.05) is 0 Å². The second-order valence-electron chi connectivity index (χ2n) is 10.5. The Bertz CT molecular complexity index is 1910. The Kier molecular flexibility index (Phi) is 15.6. The molecule has 0 bridgehead atoms. The molecule has 2 atom stereocenters. The number of benzene rings is 3. The predicted octanol–water partition coefficient (Wildman–Crippen LogP) is 5.63. The van der Waals surface area contributed by atoms with Gasteiger partial charge in [-0.3, -0.25) is 19.2 Å². The second-order valence-corrected chi connectivity index (χ2v) is 10.5. The van der Waals surface area contributed by atoms with Gasteiger partial charge in [-0.15, -0.1) is 0 Å². The van der Waals surface area contributed by atoms with Gasteiger partial charge in [0.15, 0.2) is 23.1 Å². The summed E-state index contributed by atoms with van der Waals surface area (Å²) in [5.41, 5.74) is -0.161. The fraction of sp³-hybridized carbons (Fsp3) is 0.235. The fourth-order valence-electron chi connectivity index (χ4n) is 3.92. The second kappa shape index (κ2) is 20.5. The number of Topliss-reactive ketones (excluding diaryl/α,β-unsaturated/α-hetero) is 2. The molecule has 2 N–H and O–H groups in total. The van der Waals surface area contributed by atoms with Crippen LogP contribution in [0.4, 0.5) is 41.9 Å². The molecule has 22 heteroatoms. The van der Waals surface area contributed by atoms with E-state index in [2.05, 4.69) is 50.0 Å². The van der Waals surface area contributed by atoms with E-state index in [1.165, 1.54) is 48.5 Å². The number of nitrogens with one attached hydrogen (secondary N) is 2. The van der Waals surface area contributed by atoms with E-state index in [1.807, 2.05) is 0 Å². The monoisotopic (exact) mass is 780 g/mol. The van der Waals surface area contributed by atoms with Crippen molar-refractivity contribution in [2.45, 2.75) is 25.9 Å². The minimum atomic E-state index is -1.71. The van der Waals surface area contributed by atoms with E-state index in [0.717, 1.165) is 54.4 Å². The first-order valence-corrected chi connectivity index (χ1v) is 15.5. The van der Waals surface area contributed by atoms with Gasteiger partial charge in [0, 0.05) is 23.5 Å². The lowest BCUT2D eigenvalue weighted by Crippen LogP contribution is -2.32. The van der Waals surface area contributed by atoms with Gasteiger partial charge < -0.3 is 48.5 Å². The first-order valence-electron chi connectivity index (χ1n) is 15.5. The molecule has 294 valence electrons. The van der Waals surface area contributed by atoms with Crippen LogP contribution >= 0.6 is 0 Å². The molecule has 0 aliphatic rings. The molecule has 22 nitrogen and oxygen atoms in total. The van der Waals surface area contributed by atoms with Crippen LogP contribution in [0.1, 0.15) is 13.8 Å². The number of azo groups is 2. The molecule has 3 aromatic rings. The molecule has 2 amide bonds. The Morgan fingerprint density at radius 3 is 1.11 bits per heavy atom. The lowest BCUT2D eigenvalue weighted by atomic mass is 10.2. The maximum atomic E-state index is 13.1. The van der Waals surface area contributed by atoms with Gasteiger partial charge in [0.2, 0.25) is 12.1 Å². The number of rotatable bonds is 14. The van der Waals surface area contributed by atoms with E-state index in [4.69, 9.17) is 18.9 Å². The molecule has 3 aromatic carbocycles. The smallest absolute Gasteiger partial charge is 0.437 e. The highest BCUT2D eigenvalue weighted by Crippen LogP contribution is 2.34. The number of carbonyl (C=O) groups excluding carboxylic acids is 8. The predicted molar refractivity (Wildman–Crippen MR) is 187 cm³/mol. The summed E-state index contributed by atoms with van der Waals surface area (Å²) in [4.78, 5) is 97.4. The number of carbonyl (C=O) groups is 8. The van der Waals surface area contributed by atoms with E-state index < -0.39 is 60.1 Å². The maximum Gasteiger partial charge on any atom is 0.513 e. The standard InChI is InChI=1S/C34H32N6O16/c1-17(41)27(39-37-23-15-21(53-31(45)49-3)11-13-25(23)55-33(47)51-5)29(43)35-19-7-9-20(10-8-19)36-30(44)28(18(2)42)40-38-24-16-22(54-32(46)50-4)12-14-26(24)56-34(48)52-6/h7-16,27-28H,1-6H3,(H,35,43)(H,36,44). The van der Waals surface area contributed by atoms with Crippen molar-refractivity contribution in [1.82, 2.24) is 0 Å². The first kappa shape index (κ1) is 42.6. The zero-order valence-electron chi connectivity index (χ0n) is 30.2. The zero-order valence-corrected chi connectivity index (χ0v) is 30.2. The van der Waals surface area contributed by atoms with Crippen molar-refractivity contribution in [2.24, 2.45) is 20.5 Å². The molecular formula is C34H32N6O16. The van der Waals surface area contributed by atoms with Gasteiger partial charge in [-0.05, 0) is 62.4 Å². The van der Waals surface area contributed by atoms with Gasteiger partial charge in [-0.2, -0.15) is 20.5 Å². The van der Waals surface area contributed by atoms with E-state index in [-0.39, 0.29) is 45.7 Å². The Morgan fingerprint density at radius 1 is 0.482 bits per heavy atom. The fourth-order valence-corrected chi connectivity index (χ4v) is 3.92. The van der Waals surface area contributed by atoms with Crippen molar-refractivity contribution in [3.05, 3.63) is 60.7 Å². The summed E-state index contributed by atoms with van der Waals surface area (Å²) in [6, 6.07) is 9.09. The van der Waals surface area contributed by atoms with Crippen LogP contribution in [0.3, 0.4) is 0 Å². The molecule has 0 aliphatic heterocycles. The van der Waals surface area contributed by atoms with Crippen molar-refractivity contribution in [1.29, 1.82) is 0 Å². The Balaban J connectivity index is 1.77. The number of ketones is 2. The largest absolute Gasteiger partial charge is 0.513 e.